The van der Waals surface area contributed by atoms with Crippen LogP contribution in [0.25, 0.3) is 0 Å². The molecule has 1 rings (SSSR count). The van der Waals surface area contributed by atoms with Gasteiger partial charge in [-0.05, 0) is 36.3 Å². The lowest BCUT2D eigenvalue weighted by Gasteiger charge is -2.24. The van der Waals surface area contributed by atoms with Crippen LogP contribution in [0.5, 0.6) is 11.5 Å². The lowest BCUT2D eigenvalue weighted by atomic mass is 10.0. The minimum Gasteiger partial charge on any atom is -0.493 e. The third-order valence-electron chi connectivity index (χ3n) is 3.61. The van der Waals surface area contributed by atoms with Crippen molar-refractivity contribution in [2.24, 2.45) is 11.7 Å². The fourth-order valence-electron chi connectivity index (χ4n) is 2.44. The average molecular weight is 340 g/mol. The molecule has 0 fully saturated rings. The third kappa shape index (κ3) is 5.32. The number of likely N-dealkylation sites (N-methyl/N-ethyl adjacent to an activating group) is 1. The van der Waals surface area contributed by atoms with Gasteiger partial charge in [0.15, 0.2) is 11.5 Å². The van der Waals surface area contributed by atoms with Gasteiger partial charge in [-0.2, -0.15) is 0 Å². The Labute approximate surface area is 143 Å². The first kappa shape index (κ1) is 19.6. The zero-order valence-electron chi connectivity index (χ0n) is 14.9. The van der Waals surface area contributed by atoms with E-state index >= 15 is 0 Å². The summed E-state index contributed by atoms with van der Waals surface area (Å²) in [6.07, 6.45) is 2.68. The summed E-state index contributed by atoms with van der Waals surface area (Å²) < 4.78 is 10.7. The fourth-order valence-corrected chi connectivity index (χ4v) is 3.05. The zero-order valence-corrected chi connectivity index (χ0v) is 15.7. The minimum absolute atomic E-state index is 0.0412. The normalized spacial score (nSPS) is 12.2. The van der Waals surface area contributed by atoms with Gasteiger partial charge in [0.2, 0.25) is 5.91 Å². The molecule has 1 aromatic rings. The van der Waals surface area contributed by atoms with Gasteiger partial charge in [0, 0.05) is 18.5 Å². The van der Waals surface area contributed by atoms with Crippen molar-refractivity contribution in [3.63, 3.8) is 0 Å². The highest BCUT2D eigenvalue weighted by Crippen LogP contribution is 2.35. The predicted octanol–water partition coefficient (Wildman–Crippen LogP) is 2.76. The van der Waals surface area contributed by atoms with Crippen molar-refractivity contribution in [2.45, 2.75) is 37.8 Å². The molecule has 23 heavy (non-hydrogen) atoms. The Kier molecular flexibility index (Phi) is 7.72. The summed E-state index contributed by atoms with van der Waals surface area (Å²) in [5, 5.41) is 0. The van der Waals surface area contributed by atoms with Crippen LogP contribution in [0, 0.1) is 5.92 Å². The van der Waals surface area contributed by atoms with Crippen LogP contribution in [0.15, 0.2) is 17.0 Å². The molecule has 1 aromatic carbocycles. The van der Waals surface area contributed by atoms with Gasteiger partial charge < -0.3 is 20.1 Å². The third-order valence-corrected chi connectivity index (χ3v) is 4.43. The first-order chi connectivity index (χ1) is 10.8. The number of amides is 1. The second-order valence-electron chi connectivity index (χ2n) is 5.95. The summed E-state index contributed by atoms with van der Waals surface area (Å²) in [7, 11) is 5.00. The maximum Gasteiger partial charge on any atom is 0.239 e. The predicted molar refractivity (Wildman–Crippen MR) is 95.2 cm³/mol. The van der Waals surface area contributed by atoms with E-state index in [0.717, 1.165) is 10.5 Å². The van der Waals surface area contributed by atoms with Crippen LogP contribution in [-0.2, 0) is 11.3 Å². The number of thioether (sulfide) groups is 1. The lowest BCUT2D eigenvalue weighted by molar-refractivity contribution is -0.132. The van der Waals surface area contributed by atoms with E-state index in [-0.39, 0.29) is 5.91 Å². The second kappa shape index (κ2) is 9.03. The van der Waals surface area contributed by atoms with Gasteiger partial charge in [0.1, 0.15) is 0 Å². The van der Waals surface area contributed by atoms with Gasteiger partial charge in [0.05, 0.1) is 20.3 Å². The molecule has 0 bridgehead atoms. The Bertz CT molecular complexity index is 535. The first-order valence-corrected chi connectivity index (χ1v) is 8.85. The molecule has 0 heterocycles. The number of carbonyl (C=O) groups is 1. The number of methoxy groups -OCH3 is 2. The van der Waals surface area contributed by atoms with Crippen LogP contribution in [-0.4, -0.2) is 44.4 Å². The van der Waals surface area contributed by atoms with Crippen LogP contribution in [0.4, 0.5) is 0 Å². The topological polar surface area (TPSA) is 64.8 Å². The average Bonchev–Trinajstić information content (AvgIpc) is 2.52. The van der Waals surface area contributed by atoms with E-state index in [4.69, 9.17) is 15.2 Å². The van der Waals surface area contributed by atoms with Crippen molar-refractivity contribution in [1.29, 1.82) is 0 Å². The van der Waals surface area contributed by atoms with E-state index in [1.54, 1.807) is 37.9 Å². The van der Waals surface area contributed by atoms with E-state index in [0.29, 0.717) is 30.4 Å². The summed E-state index contributed by atoms with van der Waals surface area (Å²) in [5.74, 6) is 1.70. The Morgan fingerprint density at radius 2 is 1.83 bits per heavy atom. The Morgan fingerprint density at radius 3 is 2.30 bits per heavy atom. The molecule has 0 radical (unpaired) electrons. The number of hydrogen-bond acceptors (Lipinski definition) is 5. The van der Waals surface area contributed by atoms with Gasteiger partial charge in [-0.25, -0.2) is 0 Å². The van der Waals surface area contributed by atoms with Crippen molar-refractivity contribution in [3.8, 4) is 11.5 Å². The van der Waals surface area contributed by atoms with Gasteiger partial charge in [-0.3, -0.25) is 4.79 Å². The summed E-state index contributed by atoms with van der Waals surface area (Å²) in [6, 6.07) is 3.39. The fraction of sp³-hybridized carbons (Fsp3) is 0.588. The standard InChI is InChI=1S/C17H28N2O3S/c1-11(2)7-13(18)17(20)19(3)10-12-8-14(21-4)15(22-5)9-16(12)23-6/h8-9,11,13H,7,10,18H2,1-6H3/t13-/m0/s1. The van der Waals surface area contributed by atoms with Crippen molar-refractivity contribution < 1.29 is 14.3 Å². The summed E-state index contributed by atoms with van der Waals surface area (Å²) in [4.78, 5) is 15.1. The molecular formula is C17H28N2O3S. The SMILES string of the molecule is COc1cc(CN(C)C(=O)[C@@H](N)CC(C)C)c(SC)cc1OC. The van der Waals surface area contributed by atoms with Gasteiger partial charge in [-0.15, -0.1) is 11.8 Å². The maximum atomic E-state index is 12.4. The van der Waals surface area contributed by atoms with Gasteiger partial charge >= 0.3 is 0 Å². The Balaban J connectivity index is 2.96. The number of nitrogens with zero attached hydrogens (tertiary/aromatic N) is 1. The molecular weight excluding hydrogens is 312 g/mol. The highest BCUT2D eigenvalue weighted by molar-refractivity contribution is 7.98. The Morgan fingerprint density at radius 1 is 1.26 bits per heavy atom. The quantitative estimate of drug-likeness (QED) is 0.737. The van der Waals surface area contributed by atoms with Crippen molar-refractivity contribution >= 4 is 17.7 Å². The largest absolute Gasteiger partial charge is 0.493 e. The molecule has 1 atom stereocenters. The Hall–Kier alpha value is -1.40. The van der Waals surface area contributed by atoms with Crippen LogP contribution in [0.3, 0.4) is 0 Å². The molecule has 0 aliphatic heterocycles. The maximum absolute atomic E-state index is 12.4. The molecule has 1 amide bonds. The van der Waals surface area contributed by atoms with Crippen molar-refractivity contribution in [3.05, 3.63) is 17.7 Å². The monoisotopic (exact) mass is 340 g/mol. The van der Waals surface area contributed by atoms with E-state index < -0.39 is 6.04 Å². The zero-order chi connectivity index (χ0) is 17.6. The molecule has 0 aliphatic rings. The number of rotatable bonds is 8. The van der Waals surface area contributed by atoms with Crippen LogP contribution < -0.4 is 15.2 Å². The summed E-state index contributed by atoms with van der Waals surface area (Å²) in [5.41, 5.74) is 7.02. The van der Waals surface area contributed by atoms with Crippen LogP contribution in [0.1, 0.15) is 25.8 Å². The highest BCUT2D eigenvalue weighted by atomic mass is 32.2. The second-order valence-corrected chi connectivity index (χ2v) is 6.80. The first-order valence-electron chi connectivity index (χ1n) is 7.63. The van der Waals surface area contributed by atoms with E-state index in [9.17, 15) is 4.79 Å². The molecule has 0 saturated heterocycles. The molecule has 0 unspecified atom stereocenters. The molecule has 2 N–H and O–H groups in total. The van der Waals surface area contributed by atoms with Crippen LogP contribution in [0.2, 0.25) is 0 Å². The summed E-state index contributed by atoms with van der Waals surface area (Å²) >= 11 is 1.61. The minimum atomic E-state index is -0.460. The van der Waals surface area contributed by atoms with Gasteiger partial charge in [-0.1, -0.05) is 13.8 Å². The number of benzene rings is 1. The van der Waals surface area contributed by atoms with Gasteiger partial charge in [0.25, 0.3) is 0 Å². The van der Waals surface area contributed by atoms with E-state index in [1.807, 2.05) is 18.4 Å². The number of ether oxygens (including phenoxy) is 2. The van der Waals surface area contributed by atoms with Crippen molar-refractivity contribution in [2.75, 3.05) is 27.5 Å². The molecule has 5 nitrogen and oxygen atoms in total. The molecule has 0 aliphatic carbocycles. The molecule has 0 aromatic heterocycles. The molecule has 130 valence electrons. The smallest absolute Gasteiger partial charge is 0.239 e. The molecule has 0 saturated carbocycles. The van der Waals surface area contributed by atoms with E-state index in [1.165, 1.54) is 0 Å². The lowest BCUT2D eigenvalue weighted by Crippen LogP contribution is -2.42. The van der Waals surface area contributed by atoms with E-state index in [2.05, 4.69) is 13.8 Å². The summed E-state index contributed by atoms with van der Waals surface area (Å²) in [6.45, 7) is 4.61. The number of nitrogens with two attached hydrogens (primary N) is 1. The van der Waals surface area contributed by atoms with Crippen molar-refractivity contribution in [1.82, 2.24) is 4.90 Å². The highest BCUT2D eigenvalue weighted by Gasteiger charge is 2.21. The molecule has 6 heteroatoms. The number of carbonyl (C=O) groups excluding carboxylic acids is 1. The number of hydrogen-bond donors (Lipinski definition) is 1. The molecule has 0 spiro atoms. The van der Waals surface area contributed by atoms with Crippen LogP contribution >= 0.6 is 11.8 Å².